The molecule has 6 nitrogen and oxygen atoms in total. The summed E-state index contributed by atoms with van der Waals surface area (Å²) in [7, 11) is 0. The number of ether oxygens (including phenoxy) is 1. The standard InChI is InChI=1S/C16H16BrN3O3S/c1-2-23-15(22)9-19-14(21)10-24-16-18-8-7-13(20-16)11-3-5-12(17)6-4-11/h3-8H,2,9-10H2,1H3,(H,19,21). The molecule has 0 bridgehead atoms. The fourth-order valence-electron chi connectivity index (χ4n) is 1.76. The van der Waals surface area contributed by atoms with Crippen LogP contribution in [-0.4, -0.2) is 40.7 Å². The van der Waals surface area contributed by atoms with E-state index in [9.17, 15) is 9.59 Å². The van der Waals surface area contributed by atoms with Gasteiger partial charge < -0.3 is 10.1 Å². The molecule has 0 radical (unpaired) electrons. The first kappa shape index (κ1) is 18.4. The molecular weight excluding hydrogens is 394 g/mol. The lowest BCUT2D eigenvalue weighted by Crippen LogP contribution is -2.31. The molecule has 0 unspecified atom stereocenters. The van der Waals surface area contributed by atoms with Crippen LogP contribution in [0.4, 0.5) is 0 Å². The van der Waals surface area contributed by atoms with Gasteiger partial charge in [0.15, 0.2) is 5.16 Å². The number of esters is 1. The number of thioether (sulfide) groups is 1. The lowest BCUT2D eigenvalue weighted by molar-refractivity contribution is -0.143. The maximum atomic E-state index is 11.7. The Morgan fingerprint density at radius 2 is 2.00 bits per heavy atom. The van der Waals surface area contributed by atoms with Crippen LogP contribution in [0.1, 0.15) is 6.92 Å². The lowest BCUT2D eigenvalue weighted by Gasteiger charge is -2.05. The summed E-state index contributed by atoms with van der Waals surface area (Å²) in [5, 5.41) is 3.00. The topological polar surface area (TPSA) is 81.2 Å². The minimum absolute atomic E-state index is 0.128. The summed E-state index contributed by atoms with van der Waals surface area (Å²) < 4.78 is 5.73. The number of hydrogen-bond acceptors (Lipinski definition) is 6. The van der Waals surface area contributed by atoms with E-state index in [4.69, 9.17) is 4.74 Å². The smallest absolute Gasteiger partial charge is 0.325 e. The molecule has 126 valence electrons. The number of halogens is 1. The Balaban J connectivity index is 1.89. The monoisotopic (exact) mass is 409 g/mol. The van der Waals surface area contributed by atoms with Gasteiger partial charge in [0, 0.05) is 16.2 Å². The fourth-order valence-corrected chi connectivity index (χ4v) is 2.68. The molecule has 8 heteroatoms. The molecule has 1 amide bonds. The van der Waals surface area contributed by atoms with Crippen molar-refractivity contribution in [2.75, 3.05) is 18.9 Å². The fraction of sp³-hybridized carbons (Fsp3) is 0.250. The van der Waals surface area contributed by atoms with E-state index in [-0.39, 0.29) is 18.2 Å². The SMILES string of the molecule is CCOC(=O)CNC(=O)CSc1nccc(-c2ccc(Br)cc2)n1. The van der Waals surface area contributed by atoms with Crippen LogP contribution in [-0.2, 0) is 14.3 Å². The Labute approximate surface area is 152 Å². The van der Waals surface area contributed by atoms with E-state index < -0.39 is 5.97 Å². The highest BCUT2D eigenvalue weighted by molar-refractivity contribution is 9.10. The van der Waals surface area contributed by atoms with E-state index in [0.29, 0.717) is 11.8 Å². The zero-order valence-electron chi connectivity index (χ0n) is 13.0. The van der Waals surface area contributed by atoms with Crippen molar-refractivity contribution in [2.45, 2.75) is 12.1 Å². The summed E-state index contributed by atoms with van der Waals surface area (Å²) in [5.41, 5.74) is 1.75. The normalized spacial score (nSPS) is 10.2. The first-order chi connectivity index (χ1) is 11.6. The number of nitrogens with zero attached hydrogens (tertiary/aromatic N) is 2. The van der Waals surface area contributed by atoms with Crippen LogP contribution in [0.15, 0.2) is 46.2 Å². The number of carbonyl (C=O) groups excluding carboxylic acids is 2. The predicted molar refractivity (Wildman–Crippen MR) is 95.5 cm³/mol. The van der Waals surface area contributed by atoms with Gasteiger partial charge in [0.1, 0.15) is 6.54 Å². The number of benzene rings is 1. The Kier molecular flexibility index (Phi) is 7.20. The second-order valence-electron chi connectivity index (χ2n) is 4.60. The van der Waals surface area contributed by atoms with Crippen molar-refractivity contribution in [2.24, 2.45) is 0 Å². The van der Waals surface area contributed by atoms with Crippen LogP contribution in [0.25, 0.3) is 11.3 Å². The average Bonchev–Trinajstić information content (AvgIpc) is 2.59. The highest BCUT2D eigenvalue weighted by Gasteiger charge is 2.09. The molecule has 1 aromatic carbocycles. The molecule has 1 N–H and O–H groups in total. The molecule has 0 saturated heterocycles. The Morgan fingerprint density at radius 1 is 1.25 bits per heavy atom. The van der Waals surface area contributed by atoms with Gasteiger partial charge in [0.25, 0.3) is 0 Å². The van der Waals surface area contributed by atoms with Crippen molar-refractivity contribution in [1.82, 2.24) is 15.3 Å². The van der Waals surface area contributed by atoms with E-state index in [2.05, 4.69) is 31.2 Å². The van der Waals surface area contributed by atoms with Crippen LogP contribution in [0, 0.1) is 0 Å². The largest absolute Gasteiger partial charge is 0.465 e. The number of rotatable bonds is 7. The van der Waals surface area contributed by atoms with Crippen LogP contribution in [0.2, 0.25) is 0 Å². The highest BCUT2D eigenvalue weighted by Crippen LogP contribution is 2.21. The number of nitrogens with one attached hydrogen (secondary N) is 1. The number of amides is 1. The summed E-state index contributed by atoms with van der Waals surface area (Å²) in [6.07, 6.45) is 1.66. The lowest BCUT2D eigenvalue weighted by atomic mass is 10.1. The first-order valence-corrected chi connectivity index (χ1v) is 9.00. The van der Waals surface area contributed by atoms with Crippen LogP contribution < -0.4 is 5.32 Å². The van der Waals surface area contributed by atoms with E-state index in [1.165, 1.54) is 11.8 Å². The Hall–Kier alpha value is -1.93. The minimum Gasteiger partial charge on any atom is -0.465 e. The van der Waals surface area contributed by atoms with Crippen molar-refractivity contribution in [1.29, 1.82) is 0 Å². The molecule has 0 spiro atoms. The molecule has 2 rings (SSSR count). The van der Waals surface area contributed by atoms with Gasteiger partial charge in [-0.25, -0.2) is 9.97 Å². The molecule has 0 fully saturated rings. The van der Waals surface area contributed by atoms with Crippen molar-refractivity contribution < 1.29 is 14.3 Å². The summed E-state index contributed by atoms with van der Waals surface area (Å²) in [6.45, 7) is 1.87. The number of aromatic nitrogens is 2. The Morgan fingerprint density at radius 3 is 2.71 bits per heavy atom. The maximum Gasteiger partial charge on any atom is 0.325 e. The zero-order valence-corrected chi connectivity index (χ0v) is 15.4. The van der Waals surface area contributed by atoms with Crippen LogP contribution in [0.5, 0.6) is 0 Å². The zero-order chi connectivity index (χ0) is 17.4. The molecule has 0 atom stereocenters. The van der Waals surface area contributed by atoms with Gasteiger partial charge in [-0.1, -0.05) is 39.8 Å². The second-order valence-corrected chi connectivity index (χ2v) is 6.46. The molecule has 0 aliphatic heterocycles. The third kappa shape index (κ3) is 5.93. The van der Waals surface area contributed by atoms with Gasteiger partial charge >= 0.3 is 5.97 Å². The van der Waals surface area contributed by atoms with E-state index in [1.54, 1.807) is 13.1 Å². The first-order valence-electron chi connectivity index (χ1n) is 7.22. The van der Waals surface area contributed by atoms with Gasteiger partial charge in [0.2, 0.25) is 5.91 Å². The van der Waals surface area contributed by atoms with Crippen molar-refractivity contribution in [3.63, 3.8) is 0 Å². The molecule has 1 aromatic heterocycles. The third-order valence-electron chi connectivity index (χ3n) is 2.84. The highest BCUT2D eigenvalue weighted by atomic mass is 79.9. The predicted octanol–water partition coefficient (Wildman–Crippen LogP) is 2.68. The van der Waals surface area contributed by atoms with Gasteiger partial charge in [-0.05, 0) is 25.1 Å². The van der Waals surface area contributed by atoms with Gasteiger partial charge in [-0.3, -0.25) is 9.59 Å². The third-order valence-corrected chi connectivity index (χ3v) is 4.23. The maximum absolute atomic E-state index is 11.7. The molecule has 24 heavy (non-hydrogen) atoms. The summed E-state index contributed by atoms with van der Waals surface area (Å²) in [5.74, 6) is -0.599. The molecule has 0 aliphatic rings. The van der Waals surface area contributed by atoms with Crippen molar-refractivity contribution >= 4 is 39.6 Å². The van der Waals surface area contributed by atoms with E-state index in [0.717, 1.165) is 15.7 Å². The Bertz CT molecular complexity index is 710. The molecular formula is C16H16BrN3O3S. The average molecular weight is 410 g/mol. The summed E-state index contributed by atoms with van der Waals surface area (Å²) in [6, 6.07) is 9.59. The molecule has 2 aromatic rings. The quantitative estimate of drug-likeness (QED) is 0.430. The van der Waals surface area contributed by atoms with Crippen LogP contribution in [0.3, 0.4) is 0 Å². The van der Waals surface area contributed by atoms with Crippen molar-refractivity contribution in [3.05, 3.63) is 41.0 Å². The van der Waals surface area contributed by atoms with Gasteiger partial charge in [-0.15, -0.1) is 0 Å². The van der Waals surface area contributed by atoms with Crippen molar-refractivity contribution in [3.8, 4) is 11.3 Å². The second kappa shape index (κ2) is 9.39. The minimum atomic E-state index is -0.454. The number of carbonyl (C=O) groups is 2. The van der Waals surface area contributed by atoms with Crippen LogP contribution >= 0.6 is 27.7 Å². The van der Waals surface area contributed by atoms with Gasteiger partial charge in [0.05, 0.1) is 18.1 Å². The van der Waals surface area contributed by atoms with E-state index >= 15 is 0 Å². The van der Waals surface area contributed by atoms with E-state index in [1.807, 2.05) is 30.3 Å². The van der Waals surface area contributed by atoms with Gasteiger partial charge in [-0.2, -0.15) is 0 Å². The summed E-state index contributed by atoms with van der Waals surface area (Å²) >= 11 is 4.60. The molecule has 0 saturated carbocycles. The molecule has 1 heterocycles. The number of hydrogen-bond donors (Lipinski definition) is 1. The molecule has 0 aliphatic carbocycles. The summed E-state index contributed by atoms with van der Waals surface area (Å²) in [4.78, 5) is 31.5.